The monoisotopic (exact) mass is 235 g/mol. The molecular formula is C8H8ClF2N3O. The maximum Gasteiger partial charge on any atom is 0.322 e. The molecule has 0 atom stereocenters. The lowest BCUT2D eigenvalue weighted by Crippen LogP contribution is -2.32. The van der Waals surface area contributed by atoms with E-state index in [9.17, 15) is 13.6 Å². The molecule has 1 rings (SSSR count). The minimum Gasteiger partial charge on any atom is -0.289 e. The first-order valence-corrected chi connectivity index (χ1v) is 4.37. The standard InChI is InChI=1S/C8H8ClF2N3O/c1-4-3-5(9)13-7(12-4)14-6(15)8(2,10)11/h3H,1-2H3,(H,12,13,14,15). The van der Waals surface area contributed by atoms with Crippen LogP contribution in [0.25, 0.3) is 0 Å². The van der Waals surface area contributed by atoms with Gasteiger partial charge >= 0.3 is 5.92 Å². The van der Waals surface area contributed by atoms with Gasteiger partial charge in [0.15, 0.2) is 0 Å². The zero-order valence-corrected chi connectivity index (χ0v) is 8.77. The molecule has 0 fully saturated rings. The van der Waals surface area contributed by atoms with Crippen molar-refractivity contribution in [2.45, 2.75) is 19.8 Å². The number of aromatic nitrogens is 2. The predicted molar refractivity (Wildman–Crippen MR) is 51.0 cm³/mol. The molecule has 1 heterocycles. The maximum absolute atomic E-state index is 12.5. The van der Waals surface area contributed by atoms with Gasteiger partial charge in [-0.3, -0.25) is 10.1 Å². The molecule has 4 nitrogen and oxygen atoms in total. The van der Waals surface area contributed by atoms with Crippen molar-refractivity contribution in [3.8, 4) is 0 Å². The molecule has 1 aromatic rings. The summed E-state index contributed by atoms with van der Waals surface area (Å²) < 4.78 is 25.0. The third-order valence-corrected chi connectivity index (χ3v) is 1.64. The van der Waals surface area contributed by atoms with Crippen LogP contribution >= 0.6 is 11.6 Å². The summed E-state index contributed by atoms with van der Waals surface area (Å²) in [6, 6.07) is 1.45. The Bertz CT molecular complexity index is 372. The van der Waals surface area contributed by atoms with E-state index in [1.54, 1.807) is 6.92 Å². The van der Waals surface area contributed by atoms with Gasteiger partial charge in [-0.15, -0.1) is 0 Å². The highest BCUT2D eigenvalue weighted by Crippen LogP contribution is 2.15. The smallest absolute Gasteiger partial charge is 0.289 e. The number of anilines is 1. The van der Waals surface area contributed by atoms with E-state index < -0.39 is 11.8 Å². The molecule has 0 unspecified atom stereocenters. The fourth-order valence-electron chi connectivity index (χ4n) is 0.797. The van der Waals surface area contributed by atoms with Crippen molar-refractivity contribution in [3.63, 3.8) is 0 Å². The Hall–Kier alpha value is -1.30. The van der Waals surface area contributed by atoms with Gasteiger partial charge in [0.2, 0.25) is 5.95 Å². The number of carbonyl (C=O) groups excluding carboxylic acids is 1. The summed E-state index contributed by atoms with van der Waals surface area (Å²) in [6.45, 7) is 2.09. The molecule has 7 heteroatoms. The quantitative estimate of drug-likeness (QED) is 0.798. The van der Waals surface area contributed by atoms with Gasteiger partial charge in [0, 0.05) is 12.6 Å². The van der Waals surface area contributed by atoms with Crippen molar-refractivity contribution >= 4 is 23.5 Å². The summed E-state index contributed by atoms with van der Waals surface area (Å²) in [5.74, 6) is -5.17. The van der Waals surface area contributed by atoms with Gasteiger partial charge in [-0.2, -0.15) is 8.78 Å². The van der Waals surface area contributed by atoms with Crippen LogP contribution < -0.4 is 5.32 Å². The van der Waals surface area contributed by atoms with Crippen molar-refractivity contribution < 1.29 is 13.6 Å². The van der Waals surface area contributed by atoms with E-state index in [1.807, 2.05) is 5.32 Å². The van der Waals surface area contributed by atoms with Crippen LogP contribution in [0.4, 0.5) is 14.7 Å². The Morgan fingerprint density at radius 3 is 2.60 bits per heavy atom. The van der Waals surface area contributed by atoms with E-state index in [1.165, 1.54) is 6.07 Å². The molecule has 0 saturated carbocycles. The molecule has 0 saturated heterocycles. The normalized spacial score (nSPS) is 11.3. The number of rotatable bonds is 2. The number of hydrogen-bond acceptors (Lipinski definition) is 3. The third-order valence-electron chi connectivity index (χ3n) is 1.45. The molecule has 15 heavy (non-hydrogen) atoms. The van der Waals surface area contributed by atoms with Crippen LogP contribution in [0.1, 0.15) is 12.6 Å². The summed E-state index contributed by atoms with van der Waals surface area (Å²) in [7, 11) is 0. The summed E-state index contributed by atoms with van der Waals surface area (Å²) in [4.78, 5) is 18.2. The zero-order valence-electron chi connectivity index (χ0n) is 8.01. The fraction of sp³-hybridized carbons (Fsp3) is 0.375. The lowest BCUT2D eigenvalue weighted by atomic mass is 10.3. The van der Waals surface area contributed by atoms with E-state index >= 15 is 0 Å². The molecule has 82 valence electrons. The van der Waals surface area contributed by atoms with Gasteiger partial charge < -0.3 is 0 Å². The fourth-order valence-corrected chi connectivity index (χ4v) is 1.04. The average Bonchev–Trinajstić information content (AvgIpc) is 1.99. The lowest BCUT2D eigenvalue weighted by Gasteiger charge is -2.09. The average molecular weight is 236 g/mol. The predicted octanol–water partition coefficient (Wildman–Crippen LogP) is 2.03. The van der Waals surface area contributed by atoms with Gasteiger partial charge in [0.25, 0.3) is 5.91 Å². The summed E-state index contributed by atoms with van der Waals surface area (Å²) >= 11 is 5.56. The van der Waals surface area contributed by atoms with Crippen molar-refractivity contribution in [2.75, 3.05) is 5.32 Å². The Balaban J connectivity index is 2.86. The van der Waals surface area contributed by atoms with Crippen molar-refractivity contribution in [1.82, 2.24) is 9.97 Å². The second kappa shape index (κ2) is 4.06. The van der Waals surface area contributed by atoms with E-state index in [0.29, 0.717) is 12.6 Å². The molecule has 1 N–H and O–H groups in total. The van der Waals surface area contributed by atoms with Gasteiger partial charge in [-0.25, -0.2) is 9.97 Å². The molecule has 0 aromatic carbocycles. The van der Waals surface area contributed by atoms with Crippen LogP contribution in [0.3, 0.4) is 0 Å². The molecule has 0 aliphatic rings. The first kappa shape index (κ1) is 11.8. The molecule has 0 spiro atoms. The highest BCUT2D eigenvalue weighted by Gasteiger charge is 2.32. The molecule has 0 aliphatic carbocycles. The van der Waals surface area contributed by atoms with Crippen LogP contribution in [0.2, 0.25) is 5.15 Å². The molecular weight excluding hydrogens is 228 g/mol. The van der Waals surface area contributed by atoms with Crippen LogP contribution in [0, 0.1) is 6.92 Å². The van der Waals surface area contributed by atoms with Crippen LogP contribution in [-0.4, -0.2) is 21.8 Å². The third kappa shape index (κ3) is 3.39. The highest BCUT2D eigenvalue weighted by molar-refractivity contribution is 6.29. The van der Waals surface area contributed by atoms with E-state index in [-0.39, 0.29) is 11.1 Å². The lowest BCUT2D eigenvalue weighted by molar-refractivity contribution is -0.137. The minimum atomic E-state index is -3.47. The number of alkyl halides is 2. The summed E-state index contributed by atoms with van der Waals surface area (Å²) in [5.41, 5.74) is 0.477. The Kier molecular flexibility index (Phi) is 3.18. The molecule has 1 amide bonds. The zero-order chi connectivity index (χ0) is 11.6. The Morgan fingerprint density at radius 2 is 2.13 bits per heavy atom. The van der Waals surface area contributed by atoms with Gasteiger partial charge in [0.1, 0.15) is 5.15 Å². The molecule has 0 bridgehead atoms. The maximum atomic E-state index is 12.5. The minimum absolute atomic E-state index is 0.0808. The van der Waals surface area contributed by atoms with E-state index in [2.05, 4.69) is 9.97 Å². The second-order valence-corrected chi connectivity index (χ2v) is 3.39. The van der Waals surface area contributed by atoms with Crippen LogP contribution in [-0.2, 0) is 4.79 Å². The van der Waals surface area contributed by atoms with E-state index in [4.69, 9.17) is 11.6 Å². The summed E-state index contributed by atoms with van der Waals surface area (Å²) in [5, 5.41) is 1.95. The second-order valence-electron chi connectivity index (χ2n) is 3.00. The van der Waals surface area contributed by atoms with Crippen molar-refractivity contribution in [2.24, 2.45) is 0 Å². The summed E-state index contributed by atoms with van der Waals surface area (Å²) in [6.07, 6.45) is 0. The Labute approximate surface area is 89.7 Å². The largest absolute Gasteiger partial charge is 0.322 e. The number of amides is 1. The molecule has 1 aromatic heterocycles. The SMILES string of the molecule is Cc1cc(Cl)nc(NC(=O)C(C)(F)F)n1. The molecule has 0 aliphatic heterocycles. The van der Waals surface area contributed by atoms with Crippen molar-refractivity contribution in [3.05, 3.63) is 16.9 Å². The van der Waals surface area contributed by atoms with Crippen molar-refractivity contribution in [1.29, 1.82) is 0 Å². The number of aryl methyl sites for hydroxylation is 1. The molecule has 0 radical (unpaired) electrons. The van der Waals surface area contributed by atoms with Crippen LogP contribution in [0.5, 0.6) is 0 Å². The topological polar surface area (TPSA) is 54.9 Å². The number of hydrogen-bond donors (Lipinski definition) is 1. The van der Waals surface area contributed by atoms with Crippen LogP contribution in [0.15, 0.2) is 6.07 Å². The number of carbonyl (C=O) groups is 1. The van der Waals surface area contributed by atoms with E-state index in [0.717, 1.165) is 0 Å². The Morgan fingerprint density at radius 1 is 1.53 bits per heavy atom. The van der Waals surface area contributed by atoms with Gasteiger partial charge in [-0.1, -0.05) is 11.6 Å². The number of nitrogens with zero attached hydrogens (tertiary/aromatic N) is 2. The first-order valence-electron chi connectivity index (χ1n) is 3.99. The highest BCUT2D eigenvalue weighted by atomic mass is 35.5. The number of nitrogens with one attached hydrogen (secondary N) is 1. The first-order chi connectivity index (χ1) is 6.79. The number of halogens is 3. The van der Waals surface area contributed by atoms with Gasteiger partial charge in [-0.05, 0) is 13.0 Å². The van der Waals surface area contributed by atoms with Gasteiger partial charge in [0.05, 0.1) is 0 Å².